The lowest BCUT2D eigenvalue weighted by molar-refractivity contribution is -0.139. The standard InChI is InChI=1S/C18H19NO2/c20-18(21)17(14-9-5-2-6-10-14)19-12-15-11-16(15)13-7-3-1-4-8-13/h1-10,15-17,19H,11-12H2,(H,20,21)/t15-,16-,17-/m0/s1. The van der Waals surface area contributed by atoms with E-state index < -0.39 is 12.0 Å². The Morgan fingerprint density at radius 3 is 2.33 bits per heavy atom. The van der Waals surface area contributed by atoms with Gasteiger partial charge in [-0.2, -0.15) is 0 Å². The maximum atomic E-state index is 11.4. The first-order chi connectivity index (χ1) is 10.3. The van der Waals surface area contributed by atoms with Crippen LogP contribution >= 0.6 is 0 Å². The minimum absolute atomic E-state index is 0.540. The van der Waals surface area contributed by atoms with Crippen molar-refractivity contribution in [3.05, 3.63) is 71.8 Å². The Morgan fingerprint density at radius 1 is 1.10 bits per heavy atom. The summed E-state index contributed by atoms with van der Waals surface area (Å²) in [6.07, 6.45) is 1.14. The lowest BCUT2D eigenvalue weighted by atomic mass is 10.1. The fourth-order valence-electron chi connectivity index (χ4n) is 2.84. The zero-order valence-electron chi connectivity index (χ0n) is 11.8. The molecule has 3 heteroatoms. The van der Waals surface area contributed by atoms with Crippen molar-refractivity contribution in [1.29, 1.82) is 0 Å². The third kappa shape index (κ3) is 3.31. The van der Waals surface area contributed by atoms with E-state index in [2.05, 4.69) is 29.6 Å². The molecule has 0 unspecified atom stereocenters. The van der Waals surface area contributed by atoms with Crippen LogP contribution in [0.2, 0.25) is 0 Å². The van der Waals surface area contributed by atoms with E-state index in [1.54, 1.807) is 0 Å². The van der Waals surface area contributed by atoms with Gasteiger partial charge in [-0.1, -0.05) is 60.7 Å². The second-order valence-corrected chi connectivity index (χ2v) is 5.60. The lowest BCUT2D eigenvalue weighted by Gasteiger charge is -2.14. The predicted octanol–water partition coefficient (Wildman–Crippen LogP) is 3.21. The van der Waals surface area contributed by atoms with Crippen molar-refractivity contribution in [3.8, 4) is 0 Å². The first-order valence-corrected chi connectivity index (χ1v) is 7.32. The summed E-state index contributed by atoms with van der Waals surface area (Å²) >= 11 is 0. The Balaban J connectivity index is 1.58. The van der Waals surface area contributed by atoms with Gasteiger partial charge in [-0.15, -0.1) is 0 Å². The summed E-state index contributed by atoms with van der Waals surface area (Å²) < 4.78 is 0. The summed E-state index contributed by atoms with van der Waals surface area (Å²) in [5.74, 6) is 0.292. The van der Waals surface area contributed by atoms with Crippen molar-refractivity contribution >= 4 is 5.97 Å². The van der Waals surface area contributed by atoms with E-state index in [1.807, 2.05) is 36.4 Å². The van der Waals surface area contributed by atoms with E-state index in [0.29, 0.717) is 11.8 Å². The molecule has 0 aliphatic heterocycles. The summed E-state index contributed by atoms with van der Waals surface area (Å²) in [5, 5.41) is 12.6. The molecule has 0 radical (unpaired) electrons. The second kappa shape index (κ2) is 6.10. The zero-order chi connectivity index (χ0) is 14.7. The average molecular weight is 281 g/mol. The van der Waals surface area contributed by atoms with Crippen molar-refractivity contribution in [3.63, 3.8) is 0 Å². The first-order valence-electron chi connectivity index (χ1n) is 7.32. The van der Waals surface area contributed by atoms with E-state index in [4.69, 9.17) is 0 Å². The van der Waals surface area contributed by atoms with Gasteiger partial charge in [0.25, 0.3) is 0 Å². The van der Waals surface area contributed by atoms with Crippen LogP contribution < -0.4 is 5.32 Å². The molecular formula is C18H19NO2. The number of nitrogens with one attached hydrogen (secondary N) is 1. The van der Waals surface area contributed by atoms with Gasteiger partial charge in [0.15, 0.2) is 0 Å². The topological polar surface area (TPSA) is 49.3 Å². The molecule has 1 aliphatic rings. The Morgan fingerprint density at radius 2 is 1.71 bits per heavy atom. The molecule has 0 spiro atoms. The van der Waals surface area contributed by atoms with Crippen LogP contribution in [0.4, 0.5) is 0 Å². The molecule has 0 bridgehead atoms. The maximum Gasteiger partial charge on any atom is 0.325 e. The van der Waals surface area contributed by atoms with Crippen molar-refractivity contribution in [1.82, 2.24) is 5.32 Å². The van der Waals surface area contributed by atoms with Crippen LogP contribution in [-0.4, -0.2) is 17.6 Å². The highest BCUT2D eigenvalue weighted by atomic mass is 16.4. The molecule has 1 fully saturated rings. The van der Waals surface area contributed by atoms with E-state index in [1.165, 1.54) is 5.56 Å². The highest BCUT2D eigenvalue weighted by molar-refractivity contribution is 5.75. The quantitative estimate of drug-likeness (QED) is 0.855. The molecule has 2 aromatic rings. The predicted molar refractivity (Wildman–Crippen MR) is 82.1 cm³/mol. The number of carboxylic acid groups (broad SMARTS) is 1. The van der Waals surface area contributed by atoms with Gasteiger partial charge in [-0.3, -0.25) is 4.79 Å². The summed E-state index contributed by atoms with van der Waals surface area (Å²) in [4.78, 5) is 11.4. The van der Waals surface area contributed by atoms with Crippen LogP contribution in [0.1, 0.15) is 29.5 Å². The number of hydrogen-bond acceptors (Lipinski definition) is 2. The molecule has 3 nitrogen and oxygen atoms in total. The third-order valence-electron chi connectivity index (χ3n) is 4.11. The minimum atomic E-state index is -0.821. The molecule has 1 saturated carbocycles. The van der Waals surface area contributed by atoms with Gasteiger partial charge in [0.1, 0.15) is 6.04 Å². The highest BCUT2D eigenvalue weighted by Crippen LogP contribution is 2.47. The van der Waals surface area contributed by atoms with Gasteiger partial charge in [-0.25, -0.2) is 0 Å². The van der Waals surface area contributed by atoms with E-state index in [0.717, 1.165) is 18.5 Å². The number of carbonyl (C=O) groups is 1. The van der Waals surface area contributed by atoms with Crippen LogP contribution in [-0.2, 0) is 4.79 Å². The molecule has 2 N–H and O–H groups in total. The number of hydrogen-bond donors (Lipinski definition) is 2. The molecule has 2 aromatic carbocycles. The molecular weight excluding hydrogens is 262 g/mol. The van der Waals surface area contributed by atoms with Crippen molar-refractivity contribution in [2.45, 2.75) is 18.4 Å². The Labute approximate surface area is 124 Å². The fraction of sp³-hybridized carbons (Fsp3) is 0.278. The van der Waals surface area contributed by atoms with Crippen molar-refractivity contribution in [2.24, 2.45) is 5.92 Å². The average Bonchev–Trinajstić information content (AvgIpc) is 3.29. The van der Waals surface area contributed by atoms with Crippen LogP contribution in [0.15, 0.2) is 60.7 Å². The summed E-state index contributed by atoms with van der Waals surface area (Å²) in [6, 6.07) is 19.2. The van der Waals surface area contributed by atoms with Gasteiger partial charge in [0.05, 0.1) is 0 Å². The fourth-order valence-corrected chi connectivity index (χ4v) is 2.84. The van der Waals surface area contributed by atoms with Crippen LogP contribution in [0.25, 0.3) is 0 Å². The van der Waals surface area contributed by atoms with Gasteiger partial charge < -0.3 is 10.4 Å². The summed E-state index contributed by atoms with van der Waals surface area (Å²) in [7, 11) is 0. The SMILES string of the molecule is O=C(O)[C@@H](NC[C@@H]1C[C@H]1c1ccccc1)c1ccccc1. The molecule has 3 rings (SSSR count). The number of carboxylic acids is 1. The molecule has 3 atom stereocenters. The third-order valence-corrected chi connectivity index (χ3v) is 4.11. The molecule has 0 heterocycles. The Kier molecular flexibility index (Phi) is 4.02. The minimum Gasteiger partial charge on any atom is -0.480 e. The van der Waals surface area contributed by atoms with Gasteiger partial charge in [0, 0.05) is 0 Å². The highest BCUT2D eigenvalue weighted by Gasteiger charge is 2.38. The largest absolute Gasteiger partial charge is 0.480 e. The Bertz CT molecular complexity index is 597. The first kappa shape index (κ1) is 13.8. The van der Waals surface area contributed by atoms with Crippen LogP contribution in [0.5, 0.6) is 0 Å². The summed E-state index contributed by atoms with van der Waals surface area (Å²) in [5.41, 5.74) is 2.16. The van der Waals surface area contributed by atoms with Gasteiger partial charge in [0.2, 0.25) is 0 Å². The number of benzene rings is 2. The molecule has 21 heavy (non-hydrogen) atoms. The molecule has 1 aliphatic carbocycles. The normalized spacial score (nSPS) is 21.7. The summed E-state index contributed by atoms with van der Waals surface area (Å²) in [6.45, 7) is 0.741. The van der Waals surface area contributed by atoms with Crippen LogP contribution in [0, 0.1) is 5.92 Å². The maximum absolute atomic E-state index is 11.4. The molecule has 0 aromatic heterocycles. The number of rotatable bonds is 6. The monoisotopic (exact) mass is 281 g/mol. The molecule has 0 amide bonds. The van der Waals surface area contributed by atoms with Crippen LogP contribution in [0.3, 0.4) is 0 Å². The van der Waals surface area contributed by atoms with E-state index in [9.17, 15) is 9.90 Å². The molecule has 108 valence electrons. The van der Waals surface area contributed by atoms with Gasteiger partial charge >= 0.3 is 5.97 Å². The van der Waals surface area contributed by atoms with Crippen molar-refractivity contribution in [2.75, 3.05) is 6.54 Å². The van der Waals surface area contributed by atoms with Crippen molar-refractivity contribution < 1.29 is 9.90 Å². The lowest BCUT2D eigenvalue weighted by Crippen LogP contribution is -2.30. The second-order valence-electron chi connectivity index (χ2n) is 5.60. The Hall–Kier alpha value is -2.13. The smallest absolute Gasteiger partial charge is 0.325 e. The van der Waals surface area contributed by atoms with E-state index >= 15 is 0 Å². The number of aliphatic carboxylic acids is 1. The zero-order valence-corrected chi connectivity index (χ0v) is 11.8. The van der Waals surface area contributed by atoms with Gasteiger partial charge in [-0.05, 0) is 35.9 Å². The molecule has 0 saturated heterocycles. The van der Waals surface area contributed by atoms with E-state index in [-0.39, 0.29) is 0 Å².